The van der Waals surface area contributed by atoms with E-state index in [0.717, 1.165) is 24.5 Å². The van der Waals surface area contributed by atoms with E-state index in [9.17, 15) is 4.79 Å². The molecule has 0 spiro atoms. The van der Waals surface area contributed by atoms with Crippen molar-refractivity contribution in [2.24, 2.45) is 0 Å². The van der Waals surface area contributed by atoms with Gasteiger partial charge in [-0.15, -0.1) is 0 Å². The van der Waals surface area contributed by atoms with Crippen LogP contribution in [-0.4, -0.2) is 11.9 Å². The van der Waals surface area contributed by atoms with Gasteiger partial charge in [0, 0.05) is 6.54 Å². The molecule has 0 fully saturated rings. The molecular weight excluding hydrogens is 252 g/mol. The van der Waals surface area contributed by atoms with Gasteiger partial charge in [0.2, 0.25) is 5.91 Å². The molecule has 1 atom stereocenters. The normalized spacial score (nSPS) is 17.6. The number of carbonyl (C=O) groups is 1. The van der Waals surface area contributed by atoms with Crippen molar-refractivity contribution in [2.45, 2.75) is 32.5 Å². The number of hydrogen-bond donors (Lipinski definition) is 2. The first kappa shape index (κ1) is 12.9. The average molecular weight is 270 g/mol. The lowest BCUT2D eigenvalue weighted by atomic mass is 9.95. The Hall–Kier alpha value is -2.07. The maximum atomic E-state index is 12.2. The van der Waals surface area contributed by atoms with Gasteiger partial charge in [-0.2, -0.15) is 0 Å². The van der Waals surface area contributed by atoms with Gasteiger partial charge in [0.1, 0.15) is 11.5 Å². The fourth-order valence-electron chi connectivity index (χ4n) is 2.52. The molecule has 20 heavy (non-hydrogen) atoms. The standard InChI is InChI=1S/C16H18N2O2/c1-11-6-7-14(20-11)10-18-16(19)15-8-12-4-2-3-5-13(12)9-17-15/h2-7,15,17H,8-10H2,1H3,(H,18,19)/t15-/m1/s1. The lowest BCUT2D eigenvalue weighted by molar-refractivity contribution is -0.123. The first-order valence-electron chi connectivity index (χ1n) is 6.85. The number of fused-ring (bicyclic) bond motifs is 1. The molecule has 4 nitrogen and oxygen atoms in total. The van der Waals surface area contributed by atoms with Gasteiger partial charge in [0.25, 0.3) is 0 Å². The highest BCUT2D eigenvalue weighted by molar-refractivity contribution is 5.82. The van der Waals surface area contributed by atoms with Gasteiger partial charge in [-0.3, -0.25) is 4.79 Å². The Labute approximate surface area is 118 Å². The summed E-state index contributed by atoms with van der Waals surface area (Å²) in [5.74, 6) is 1.67. The second kappa shape index (κ2) is 5.51. The molecule has 1 amide bonds. The quantitative estimate of drug-likeness (QED) is 0.896. The molecule has 0 aliphatic carbocycles. The van der Waals surface area contributed by atoms with Crippen LogP contribution in [0.15, 0.2) is 40.8 Å². The van der Waals surface area contributed by atoms with Gasteiger partial charge in [-0.05, 0) is 36.6 Å². The van der Waals surface area contributed by atoms with Crippen LogP contribution >= 0.6 is 0 Å². The van der Waals surface area contributed by atoms with E-state index in [0.29, 0.717) is 6.54 Å². The number of nitrogens with one attached hydrogen (secondary N) is 2. The molecular formula is C16H18N2O2. The zero-order chi connectivity index (χ0) is 13.9. The fourth-order valence-corrected chi connectivity index (χ4v) is 2.52. The van der Waals surface area contributed by atoms with E-state index in [4.69, 9.17) is 4.42 Å². The molecule has 3 rings (SSSR count). The van der Waals surface area contributed by atoms with E-state index in [-0.39, 0.29) is 11.9 Å². The van der Waals surface area contributed by atoms with Gasteiger partial charge in [0.05, 0.1) is 12.6 Å². The number of carbonyl (C=O) groups excluding carboxylic acids is 1. The maximum absolute atomic E-state index is 12.2. The molecule has 2 heterocycles. The predicted molar refractivity (Wildman–Crippen MR) is 76.1 cm³/mol. The van der Waals surface area contributed by atoms with Crippen molar-refractivity contribution in [1.29, 1.82) is 0 Å². The molecule has 1 aliphatic rings. The highest BCUT2D eigenvalue weighted by Gasteiger charge is 2.23. The van der Waals surface area contributed by atoms with Crippen LogP contribution in [0.25, 0.3) is 0 Å². The van der Waals surface area contributed by atoms with Crippen molar-refractivity contribution in [1.82, 2.24) is 10.6 Å². The lowest BCUT2D eigenvalue weighted by Crippen LogP contribution is -2.47. The molecule has 1 aliphatic heterocycles. The average Bonchev–Trinajstić information content (AvgIpc) is 2.90. The number of benzene rings is 1. The predicted octanol–water partition coefficient (Wildman–Crippen LogP) is 1.92. The van der Waals surface area contributed by atoms with E-state index in [2.05, 4.69) is 22.8 Å². The molecule has 1 aromatic heterocycles. The van der Waals surface area contributed by atoms with E-state index in [1.54, 1.807) is 0 Å². The van der Waals surface area contributed by atoms with Gasteiger partial charge in [-0.25, -0.2) is 0 Å². The molecule has 4 heteroatoms. The van der Waals surface area contributed by atoms with Crippen LogP contribution in [0.1, 0.15) is 22.6 Å². The minimum absolute atomic E-state index is 0.0218. The minimum Gasteiger partial charge on any atom is -0.465 e. The Morgan fingerprint density at radius 2 is 2.10 bits per heavy atom. The first-order chi connectivity index (χ1) is 9.72. The topological polar surface area (TPSA) is 54.3 Å². The number of furan rings is 1. The summed E-state index contributed by atoms with van der Waals surface area (Å²) >= 11 is 0. The Bertz CT molecular complexity index is 618. The van der Waals surface area contributed by atoms with Crippen molar-refractivity contribution in [3.8, 4) is 0 Å². The number of aryl methyl sites for hydroxylation is 1. The van der Waals surface area contributed by atoms with Crippen molar-refractivity contribution < 1.29 is 9.21 Å². The van der Waals surface area contributed by atoms with Gasteiger partial charge in [0.15, 0.2) is 0 Å². The summed E-state index contributed by atoms with van der Waals surface area (Å²) in [6.45, 7) is 3.07. The van der Waals surface area contributed by atoms with Gasteiger partial charge < -0.3 is 15.1 Å². The van der Waals surface area contributed by atoms with Crippen molar-refractivity contribution >= 4 is 5.91 Å². The van der Waals surface area contributed by atoms with Crippen LogP contribution in [0.3, 0.4) is 0 Å². The highest BCUT2D eigenvalue weighted by atomic mass is 16.3. The summed E-state index contributed by atoms with van der Waals surface area (Å²) in [6, 6.07) is 11.9. The molecule has 0 unspecified atom stereocenters. The van der Waals surface area contributed by atoms with E-state index in [1.165, 1.54) is 11.1 Å². The highest BCUT2D eigenvalue weighted by Crippen LogP contribution is 2.16. The monoisotopic (exact) mass is 270 g/mol. The molecule has 0 saturated heterocycles. The Kier molecular flexibility index (Phi) is 3.56. The van der Waals surface area contributed by atoms with Crippen molar-refractivity contribution in [3.05, 3.63) is 59.0 Å². The summed E-state index contributed by atoms with van der Waals surface area (Å²) in [6.07, 6.45) is 0.735. The van der Waals surface area contributed by atoms with E-state index >= 15 is 0 Å². The van der Waals surface area contributed by atoms with Crippen LogP contribution in [0.4, 0.5) is 0 Å². The Balaban J connectivity index is 1.59. The molecule has 0 saturated carbocycles. The first-order valence-corrected chi connectivity index (χ1v) is 6.85. The number of rotatable bonds is 3. The van der Waals surface area contributed by atoms with Crippen LogP contribution in [-0.2, 0) is 24.3 Å². The third-order valence-electron chi connectivity index (χ3n) is 3.63. The maximum Gasteiger partial charge on any atom is 0.237 e. The zero-order valence-electron chi connectivity index (χ0n) is 11.5. The van der Waals surface area contributed by atoms with Crippen LogP contribution in [0, 0.1) is 6.92 Å². The summed E-state index contributed by atoms with van der Waals surface area (Å²) in [5.41, 5.74) is 2.53. The SMILES string of the molecule is Cc1ccc(CNC(=O)[C@H]2Cc3ccccc3CN2)o1. The van der Waals surface area contributed by atoms with Crippen molar-refractivity contribution in [3.63, 3.8) is 0 Å². The van der Waals surface area contributed by atoms with E-state index < -0.39 is 0 Å². The largest absolute Gasteiger partial charge is 0.465 e. The Morgan fingerprint density at radius 3 is 2.85 bits per heavy atom. The van der Waals surface area contributed by atoms with Crippen LogP contribution < -0.4 is 10.6 Å². The molecule has 104 valence electrons. The number of amides is 1. The molecule has 0 bridgehead atoms. The second-order valence-electron chi connectivity index (χ2n) is 5.14. The van der Waals surface area contributed by atoms with Crippen LogP contribution in [0.5, 0.6) is 0 Å². The van der Waals surface area contributed by atoms with Gasteiger partial charge in [-0.1, -0.05) is 24.3 Å². The van der Waals surface area contributed by atoms with Gasteiger partial charge >= 0.3 is 0 Å². The molecule has 0 radical (unpaired) electrons. The summed E-state index contributed by atoms with van der Waals surface area (Å²) < 4.78 is 5.44. The molecule has 2 N–H and O–H groups in total. The second-order valence-corrected chi connectivity index (χ2v) is 5.14. The lowest BCUT2D eigenvalue weighted by Gasteiger charge is -2.25. The summed E-state index contributed by atoms with van der Waals surface area (Å²) in [5, 5.41) is 6.19. The minimum atomic E-state index is -0.166. The number of hydrogen-bond acceptors (Lipinski definition) is 3. The third kappa shape index (κ3) is 2.75. The molecule has 2 aromatic rings. The third-order valence-corrected chi connectivity index (χ3v) is 3.63. The van der Waals surface area contributed by atoms with E-state index in [1.807, 2.05) is 31.2 Å². The Morgan fingerprint density at radius 1 is 1.30 bits per heavy atom. The smallest absolute Gasteiger partial charge is 0.237 e. The fraction of sp³-hybridized carbons (Fsp3) is 0.312. The van der Waals surface area contributed by atoms with Crippen LogP contribution in [0.2, 0.25) is 0 Å². The van der Waals surface area contributed by atoms with Crippen molar-refractivity contribution in [2.75, 3.05) is 0 Å². The molecule has 1 aromatic carbocycles. The summed E-state index contributed by atoms with van der Waals surface area (Å²) in [4.78, 5) is 12.2. The summed E-state index contributed by atoms with van der Waals surface area (Å²) in [7, 11) is 0. The zero-order valence-corrected chi connectivity index (χ0v) is 11.5.